The number of amides is 3. The molecule has 1 aliphatic rings. The van der Waals surface area contributed by atoms with Gasteiger partial charge in [0, 0.05) is 26.2 Å². The van der Waals surface area contributed by atoms with Gasteiger partial charge in [-0.3, -0.25) is 4.79 Å². The second kappa shape index (κ2) is 6.91. The first-order valence-electron chi connectivity index (χ1n) is 6.77. The van der Waals surface area contributed by atoms with E-state index < -0.39 is 0 Å². The van der Waals surface area contributed by atoms with E-state index in [1.54, 1.807) is 4.90 Å². The van der Waals surface area contributed by atoms with Crippen LogP contribution in [0.2, 0.25) is 0 Å². The number of rotatable bonds is 4. The van der Waals surface area contributed by atoms with Gasteiger partial charge in [0.25, 0.3) is 0 Å². The van der Waals surface area contributed by atoms with Gasteiger partial charge in [-0.2, -0.15) is 0 Å². The van der Waals surface area contributed by atoms with Crippen molar-refractivity contribution in [3.05, 3.63) is 35.4 Å². The number of carbonyl (C=O) groups excluding carboxylic acids is 2. The molecule has 0 saturated heterocycles. The van der Waals surface area contributed by atoms with Crippen LogP contribution in [0.3, 0.4) is 0 Å². The van der Waals surface area contributed by atoms with Crippen molar-refractivity contribution in [2.75, 3.05) is 26.2 Å². The van der Waals surface area contributed by atoms with Crippen molar-refractivity contribution in [2.24, 2.45) is 5.73 Å². The fraction of sp³-hybridized carbons (Fsp3) is 0.429. The molecule has 0 spiro atoms. The van der Waals surface area contributed by atoms with Gasteiger partial charge in [0.05, 0.1) is 6.54 Å². The summed E-state index contributed by atoms with van der Waals surface area (Å²) in [7, 11) is 0. The van der Waals surface area contributed by atoms with Crippen LogP contribution in [0.1, 0.15) is 11.1 Å². The highest BCUT2D eigenvalue weighted by atomic mass is 16.2. The molecule has 20 heavy (non-hydrogen) atoms. The standard InChI is InChI=1S/C14H20N4O2/c15-6-7-16-13(19)9-17-14(20)18-8-5-11-3-1-2-4-12(11)10-18/h1-4H,5-10,15H2,(H,16,19)(H,17,20). The summed E-state index contributed by atoms with van der Waals surface area (Å²) in [6.45, 7) is 2.06. The van der Waals surface area contributed by atoms with Crippen molar-refractivity contribution >= 4 is 11.9 Å². The van der Waals surface area contributed by atoms with E-state index in [9.17, 15) is 9.59 Å². The molecule has 108 valence electrons. The van der Waals surface area contributed by atoms with Crippen molar-refractivity contribution < 1.29 is 9.59 Å². The average molecular weight is 276 g/mol. The lowest BCUT2D eigenvalue weighted by Gasteiger charge is -2.28. The highest BCUT2D eigenvalue weighted by Gasteiger charge is 2.20. The zero-order chi connectivity index (χ0) is 14.4. The number of urea groups is 1. The summed E-state index contributed by atoms with van der Waals surface area (Å²) in [5.41, 5.74) is 7.74. The first-order valence-corrected chi connectivity index (χ1v) is 6.77. The zero-order valence-corrected chi connectivity index (χ0v) is 11.4. The van der Waals surface area contributed by atoms with Crippen molar-refractivity contribution in [2.45, 2.75) is 13.0 Å². The Labute approximate surface area is 118 Å². The third kappa shape index (κ3) is 3.71. The molecule has 1 heterocycles. The Morgan fingerprint density at radius 2 is 1.95 bits per heavy atom. The van der Waals surface area contributed by atoms with E-state index in [0.29, 0.717) is 26.2 Å². The Balaban J connectivity index is 1.81. The van der Waals surface area contributed by atoms with Crippen molar-refractivity contribution in [3.8, 4) is 0 Å². The monoisotopic (exact) mass is 276 g/mol. The van der Waals surface area contributed by atoms with Gasteiger partial charge in [-0.15, -0.1) is 0 Å². The number of nitrogens with zero attached hydrogens (tertiary/aromatic N) is 1. The lowest BCUT2D eigenvalue weighted by atomic mass is 10.0. The summed E-state index contributed by atoms with van der Waals surface area (Å²) in [5, 5.41) is 5.24. The molecule has 0 unspecified atom stereocenters. The minimum atomic E-state index is -0.221. The van der Waals surface area contributed by atoms with Crippen LogP contribution >= 0.6 is 0 Å². The van der Waals surface area contributed by atoms with Crippen LogP contribution in [0.4, 0.5) is 4.79 Å². The van der Waals surface area contributed by atoms with E-state index in [-0.39, 0.29) is 18.5 Å². The minimum Gasteiger partial charge on any atom is -0.353 e. The van der Waals surface area contributed by atoms with E-state index in [2.05, 4.69) is 16.7 Å². The van der Waals surface area contributed by atoms with E-state index in [0.717, 1.165) is 6.42 Å². The second-order valence-corrected chi connectivity index (χ2v) is 4.74. The molecule has 3 amide bonds. The second-order valence-electron chi connectivity index (χ2n) is 4.74. The molecular formula is C14H20N4O2. The maximum Gasteiger partial charge on any atom is 0.318 e. The predicted octanol–water partition coefficient (Wildman–Crippen LogP) is -0.171. The highest BCUT2D eigenvalue weighted by Crippen LogP contribution is 2.18. The number of carbonyl (C=O) groups is 2. The first kappa shape index (κ1) is 14.3. The van der Waals surface area contributed by atoms with Gasteiger partial charge >= 0.3 is 6.03 Å². The molecule has 0 aliphatic carbocycles. The van der Waals surface area contributed by atoms with Crippen LogP contribution < -0.4 is 16.4 Å². The van der Waals surface area contributed by atoms with Crippen molar-refractivity contribution in [1.29, 1.82) is 0 Å². The van der Waals surface area contributed by atoms with Gasteiger partial charge < -0.3 is 21.3 Å². The van der Waals surface area contributed by atoms with Crippen LogP contribution in [0.25, 0.3) is 0 Å². The van der Waals surface area contributed by atoms with Crippen molar-refractivity contribution in [1.82, 2.24) is 15.5 Å². The van der Waals surface area contributed by atoms with E-state index in [4.69, 9.17) is 5.73 Å². The SMILES string of the molecule is NCCNC(=O)CNC(=O)N1CCc2ccccc2C1. The fourth-order valence-corrected chi connectivity index (χ4v) is 2.21. The van der Waals surface area contributed by atoms with E-state index >= 15 is 0 Å². The number of benzene rings is 1. The topological polar surface area (TPSA) is 87.5 Å². The normalized spacial score (nSPS) is 13.6. The van der Waals surface area contributed by atoms with Gasteiger partial charge in [0.2, 0.25) is 5.91 Å². The molecular weight excluding hydrogens is 256 g/mol. The Hall–Kier alpha value is -2.08. The van der Waals surface area contributed by atoms with E-state index in [1.165, 1.54) is 11.1 Å². The third-order valence-corrected chi connectivity index (χ3v) is 3.28. The molecule has 0 aromatic heterocycles. The zero-order valence-electron chi connectivity index (χ0n) is 11.4. The number of hydrogen-bond donors (Lipinski definition) is 3. The minimum absolute atomic E-state index is 0.0169. The number of hydrogen-bond acceptors (Lipinski definition) is 3. The molecule has 1 aromatic carbocycles. The summed E-state index contributed by atoms with van der Waals surface area (Å²) < 4.78 is 0. The third-order valence-electron chi connectivity index (χ3n) is 3.28. The van der Waals surface area contributed by atoms with Crippen LogP contribution in [-0.2, 0) is 17.8 Å². The Bertz CT molecular complexity index is 490. The van der Waals surface area contributed by atoms with Gasteiger partial charge in [-0.1, -0.05) is 24.3 Å². The van der Waals surface area contributed by atoms with Gasteiger partial charge in [0.15, 0.2) is 0 Å². The number of nitrogens with two attached hydrogens (primary N) is 1. The summed E-state index contributed by atoms with van der Waals surface area (Å²) in [6.07, 6.45) is 0.850. The molecule has 1 aromatic rings. The van der Waals surface area contributed by atoms with Crippen LogP contribution in [0, 0.1) is 0 Å². The van der Waals surface area contributed by atoms with Gasteiger partial charge in [-0.25, -0.2) is 4.79 Å². The lowest BCUT2D eigenvalue weighted by Crippen LogP contribution is -2.46. The van der Waals surface area contributed by atoms with Gasteiger partial charge in [0.1, 0.15) is 0 Å². The molecule has 6 nitrogen and oxygen atoms in total. The van der Waals surface area contributed by atoms with Crippen LogP contribution in [0.5, 0.6) is 0 Å². The Morgan fingerprint density at radius 3 is 2.70 bits per heavy atom. The lowest BCUT2D eigenvalue weighted by molar-refractivity contribution is -0.120. The average Bonchev–Trinajstić information content (AvgIpc) is 2.50. The molecule has 2 rings (SSSR count). The first-order chi connectivity index (χ1) is 9.70. The summed E-state index contributed by atoms with van der Waals surface area (Å²) in [4.78, 5) is 25.1. The number of fused-ring (bicyclic) bond motifs is 1. The smallest absolute Gasteiger partial charge is 0.318 e. The molecule has 0 bridgehead atoms. The summed E-state index contributed by atoms with van der Waals surface area (Å²) in [5.74, 6) is -0.221. The van der Waals surface area contributed by atoms with Crippen LogP contribution in [0.15, 0.2) is 24.3 Å². The molecule has 0 atom stereocenters. The highest BCUT2D eigenvalue weighted by molar-refractivity contribution is 5.84. The maximum atomic E-state index is 12.0. The number of nitrogens with one attached hydrogen (secondary N) is 2. The fourth-order valence-electron chi connectivity index (χ4n) is 2.21. The largest absolute Gasteiger partial charge is 0.353 e. The molecule has 0 radical (unpaired) electrons. The molecule has 4 N–H and O–H groups in total. The van der Waals surface area contributed by atoms with Crippen LogP contribution in [-0.4, -0.2) is 43.0 Å². The summed E-state index contributed by atoms with van der Waals surface area (Å²) in [6, 6.07) is 7.90. The van der Waals surface area contributed by atoms with E-state index in [1.807, 2.05) is 18.2 Å². The Kier molecular flexibility index (Phi) is 4.95. The molecule has 1 aliphatic heterocycles. The summed E-state index contributed by atoms with van der Waals surface area (Å²) >= 11 is 0. The molecule has 0 saturated carbocycles. The molecule has 0 fully saturated rings. The maximum absolute atomic E-state index is 12.0. The molecule has 6 heteroatoms. The van der Waals surface area contributed by atoms with Gasteiger partial charge in [-0.05, 0) is 17.5 Å². The van der Waals surface area contributed by atoms with Crippen molar-refractivity contribution in [3.63, 3.8) is 0 Å². The predicted molar refractivity (Wildman–Crippen MR) is 76.0 cm³/mol. The Morgan fingerprint density at radius 1 is 1.20 bits per heavy atom. The quantitative estimate of drug-likeness (QED) is 0.713.